The number of esters is 1. The molecular weight excluding hydrogens is 339 g/mol. The van der Waals surface area contributed by atoms with Crippen LogP contribution in [0.25, 0.3) is 11.1 Å². The quantitative estimate of drug-likeness (QED) is 0.555. The molecule has 1 aliphatic rings. The largest absolute Gasteiger partial charge is 0.466 e. The fourth-order valence-electron chi connectivity index (χ4n) is 3.99. The average molecular weight is 368 g/mol. The minimum absolute atomic E-state index is 0.190. The van der Waals surface area contributed by atoms with Crippen LogP contribution in [-0.2, 0) is 9.53 Å². The van der Waals surface area contributed by atoms with Crippen LogP contribution in [0.15, 0.2) is 24.3 Å². The van der Waals surface area contributed by atoms with Gasteiger partial charge in [-0.2, -0.15) is 0 Å². The van der Waals surface area contributed by atoms with Gasteiger partial charge in [0.2, 0.25) is 0 Å². The van der Waals surface area contributed by atoms with E-state index in [1.165, 1.54) is 35.1 Å². The minimum atomic E-state index is -0.280. The lowest BCUT2D eigenvalue weighted by Crippen LogP contribution is -2.10. The topological polar surface area (TPSA) is 26.3 Å². The second kappa shape index (κ2) is 7.84. The standard InChI is InChI=1S/C24H29FO2/c1-6-27-22(26)12-15(3)20-13-19(11-17(5)24(20)25)23-16(4)9-14(2)10-21(23)18-7-8-18/h9-11,13,15,18H,6-8,12H2,1-5H3/t15-/m0/s1. The van der Waals surface area contributed by atoms with Crippen molar-refractivity contribution in [1.82, 2.24) is 0 Å². The molecule has 0 saturated heterocycles. The molecule has 27 heavy (non-hydrogen) atoms. The maximum absolute atomic E-state index is 14.9. The first-order valence-electron chi connectivity index (χ1n) is 9.89. The van der Waals surface area contributed by atoms with Crippen molar-refractivity contribution < 1.29 is 13.9 Å². The summed E-state index contributed by atoms with van der Waals surface area (Å²) in [5.41, 5.74) is 7.39. The summed E-state index contributed by atoms with van der Waals surface area (Å²) < 4.78 is 19.9. The second-order valence-corrected chi connectivity index (χ2v) is 7.93. The van der Waals surface area contributed by atoms with Gasteiger partial charge in [-0.15, -0.1) is 0 Å². The van der Waals surface area contributed by atoms with Gasteiger partial charge in [0, 0.05) is 0 Å². The van der Waals surface area contributed by atoms with Crippen molar-refractivity contribution in [1.29, 1.82) is 0 Å². The van der Waals surface area contributed by atoms with Crippen molar-refractivity contribution in [2.45, 2.75) is 65.7 Å². The average Bonchev–Trinajstić information content (AvgIpc) is 3.41. The number of carbonyl (C=O) groups excluding carboxylic acids is 1. The third-order valence-electron chi connectivity index (χ3n) is 5.41. The van der Waals surface area contributed by atoms with Crippen molar-refractivity contribution in [3.63, 3.8) is 0 Å². The summed E-state index contributed by atoms with van der Waals surface area (Å²) in [6.07, 6.45) is 2.64. The predicted molar refractivity (Wildman–Crippen MR) is 108 cm³/mol. The van der Waals surface area contributed by atoms with E-state index >= 15 is 0 Å². The lowest BCUT2D eigenvalue weighted by atomic mass is 9.86. The predicted octanol–water partition coefficient (Wildman–Crippen LogP) is 6.35. The maximum Gasteiger partial charge on any atom is 0.306 e. The fourth-order valence-corrected chi connectivity index (χ4v) is 3.99. The van der Waals surface area contributed by atoms with Gasteiger partial charge in [0.1, 0.15) is 5.82 Å². The molecule has 1 saturated carbocycles. The Morgan fingerprint density at radius 3 is 2.48 bits per heavy atom. The Morgan fingerprint density at radius 1 is 1.15 bits per heavy atom. The summed E-state index contributed by atoms with van der Waals surface area (Å²) in [7, 11) is 0. The Balaban J connectivity index is 2.06. The van der Waals surface area contributed by atoms with Gasteiger partial charge in [0.15, 0.2) is 0 Å². The molecule has 0 spiro atoms. The Hall–Kier alpha value is -2.16. The van der Waals surface area contributed by atoms with Crippen LogP contribution in [0.1, 0.15) is 72.8 Å². The zero-order chi connectivity index (χ0) is 19.7. The van der Waals surface area contributed by atoms with Crippen LogP contribution >= 0.6 is 0 Å². The Bertz CT molecular complexity index is 865. The number of hydrogen-bond acceptors (Lipinski definition) is 2. The minimum Gasteiger partial charge on any atom is -0.466 e. The molecule has 3 rings (SSSR count). The number of ether oxygens (including phenoxy) is 1. The molecule has 2 nitrogen and oxygen atoms in total. The summed E-state index contributed by atoms with van der Waals surface area (Å²) in [6, 6.07) is 8.36. The van der Waals surface area contributed by atoms with Gasteiger partial charge in [-0.1, -0.05) is 24.6 Å². The van der Waals surface area contributed by atoms with E-state index < -0.39 is 0 Å². The summed E-state index contributed by atoms with van der Waals surface area (Å²) >= 11 is 0. The normalized spacial score (nSPS) is 14.9. The smallest absolute Gasteiger partial charge is 0.306 e. The summed E-state index contributed by atoms with van der Waals surface area (Å²) in [5.74, 6) is -0.104. The van der Waals surface area contributed by atoms with Crippen LogP contribution in [0.3, 0.4) is 0 Å². The van der Waals surface area contributed by atoms with E-state index in [4.69, 9.17) is 4.74 Å². The lowest BCUT2D eigenvalue weighted by molar-refractivity contribution is -0.143. The lowest BCUT2D eigenvalue weighted by Gasteiger charge is -2.19. The molecule has 0 heterocycles. The molecule has 0 radical (unpaired) electrons. The van der Waals surface area contributed by atoms with Gasteiger partial charge in [0.25, 0.3) is 0 Å². The zero-order valence-electron chi connectivity index (χ0n) is 17.0. The Labute approximate surface area is 161 Å². The van der Waals surface area contributed by atoms with Crippen molar-refractivity contribution in [3.05, 3.63) is 57.9 Å². The molecule has 0 bridgehead atoms. The van der Waals surface area contributed by atoms with E-state index in [0.717, 1.165) is 5.56 Å². The summed E-state index contributed by atoms with van der Waals surface area (Å²) in [4.78, 5) is 11.9. The summed E-state index contributed by atoms with van der Waals surface area (Å²) in [6.45, 7) is 10.1. The van der Waals surface area contributed by atoms with Gasteiger partial charge in [-0.05, 0) is 97.9 Å². The molecule has 0 aromatic heterocycles. The second-order valence-electron chi connectivity index (χ2n) is 7.93. The third-order valence-corrected chi connectivity index (χ3v) is 5.41. The number of aryl methyl sites for hydroxylation is 3. The SMILES string of the molecule is CCOC(=O)C[C@H](C)c1cc(-c2c(C)cc(C)cc2C2CC2)cc(C)c1F. The van der Waals surface area contributed by atoms with E-state index in [2.05, 4.69) is 26.0 Å². The monoisotopic (exact) mass is 368 g/mol. The maximum atomic E-state index is 14.9. The molecule has 0 unspecified atom stereocenters. The number of rotatable bonds is 6. The van der Waals surface area contributed by atoms with Crippen LogP contribution in [0.4, 0.5) is 4.39 Å². The van der Waals surface area contributed by atoms with Gasteiger partial charge >= 0.3 is 5.97 Å². The first-order chi connectivity index (χ1) is 12.8. The molecule has 0 N–H and O–H groups in total. The molecule has 2 aromatic rings. The van der Waals surface area contributed by atoms with Crippen LogP contribution < -0.4 is 0 Å². The summed E-state index contributed by atoms with van der Waals surface area (Å²) in [5, 5.41) is 0. The Morgan fingerprint density at radius 2 is 1.85 bits per heavy atom. The molecule has 1 aliphatic carbocycles. The fraction of sp³-hybridized carbons (Fsp3) is 0.458. The molecule has 0 aliphatic heterocycles. The van der Waals surface area contributed by atoms with Crippen LogP contribution in [0.2, 0.25) is 0 Å². The highest BCUT2D eigenvalue weighted by Gasteiger charge is 2.28. The van der Waals surface area contributed by atoms with Gasteiger partial charge < -0.3 is 4.74 Å². The molecule has 1 fully saturated rings. The van der Waals surface area contributed by atoms with E-state index in [1.807, 2.05) is 19.1 Å². The first kappa shape index (κ1) is 19.6. The van der Waals surface area contributed by atoms with Crippen LogP contribution in [0.5, 0.6) is 0 Å². The molecule has 0 amide bonds. The number of carbonyl (C=O) groups is 1. The van der Waals surface area contributed by atoms with Crippen molar-refractivity contribution in [2.75, 3.05) is 6.61 Å². The van der Waals surface area contributed by atoms with Crippen molar-refractivity contribution >= 4 is 5.97 Å². The first-order valence-corrected chi connectivity index (χ1v) is 9.89. The van der Waals surface area contributed by atoms with Crippen molar-refractivity contribution in [3.8, 4) is 11.1 Å². The molecule has 1 atom stereocenters. The molecule has 144 valence electrons. The Kier molecular flexibility index (Phi) is 5.69. The number of benzene rings is 2. The third kappa shape index (κ3) is 4.23. The molecule has 3 heteroatoms. The van der Waals surface area contributed by atoms with E-state index in [1.54, 1.807) is 13.8 Å². The molecule has 2 aromatic carbocycles. The van der Waals surface area contributed by atoms with E-state index in [-0.39, 0.29) is 24.1 Å². The van der Waals surface area contributed by atoms with Crippen LogP contribution in [0, 0.1) is 26.6 Å². The van der Waals surface area contributed by atoms with E-state index in [0.29, 0.717) is 23.7 Å². The van der Waals surface area contributed by atoms with Gasteiger partial charge in [-0.3, -0.25) is 4.79 Å². The van der Waals surface area contributed by atoms with E-state index in [9.17, 15) is 9.18 Å². The highest BCUT2D eigenvalue weighted by atomic mass is 19.1. The highest BCUT2D eigenvalue weighted by Crippen LogP contribution is 2.46. The van der Waals surface area contributed by atoms with Crippen LogP contribution in [-0.4, -0.2) is 12.6 Å². The van der Waals surface area contributed by atoms with Gasteiger partial charge in [-0.25, -0.2) is 4.39 Å². The highest BCUT2D eigenvalue weighted by molar-refractivity contribution is 5.75. The molecular formula is C24H29FO2. The zero-order valence-corrected chi connectivity index (χ0v) is 17.0. The number of hydrogen-bond donors (Lipinski definition) is 0. The number of halogens is 1. The van der Waals surface area contributed by atoms with Gasteiger partial charge in [0.05, 0.1) is 13.0 Å². The van der Waals surface area contributed by atoms with Crippen molar-refractivity contribution in [2.24, 2.45) is 0 Å².